The lowest BCUT2D eigenvalue weighted by atomic mass is 10.0. The summed E-state index contributed by atoms with van der Waals surface area (Å²) in [6.45, 7) is 5.78. The van der Waals surface area contributed by atoms with Crippen molar-refractivity contribution in [2.24, 2.45) is 0 Å². The van der Waals surface area contributed by atoms with Gasteiger partial charge in [0.25, 0.3) is 0 Å². The highest BCUT2D eigenvalue weighted by Gasteiger charge is 2.15. The maximum absolute atomic E-state index is 8.94. The SMILES string of the molecule is C#CC(C)(C)Nc1cc(C)ccc1C#N. The lowest BCUT2D eigenvalue weighted by Gasteiger charge is -2.22. The number of nitriles is 1. The van der Waals surface area contributed by atoms with Crippen molar-refractivity contribution in [3.8, 4) is 18.4 Å². The van der Waals surface area contributed by atoms with Crippen LogP contribution in [0.25, 0.3) is 0 Å². The van der Waals surface area contributed by atoms with Gasteiger partial charge in [-0.2, -0.15) is 5.26 Å². The van der Waals surface area contributed by atoms with Gasteiger partial charge in [-0.15, -0.1) is 6.42 Å². The van der Waals surface area contributed by atoms with Gasteiger partial charge >= 0.3 is 0 Å². The third-order valence-corrected chi connectivity index (χ3v) is 2.10. The maximum atomic E-state index is 8.94. The molecular weight excluding hydrogens is 184 g/mol. The standard InChI is InChI=1S/C13H14N2/c1-5-13(3,4)15-12-8-10(2)6-7-11(12)9-14/h1,6-8,15H,2-4H3. The highest BCUT2D eigenvalue weighted by atomic mass is 15.0. The van der Waals surface area contributed by atoms with Crippen LogP contribution in [-0.2, 0) is 0 Å². The van der Waals surface area contributed by atoms with Crippen LogP contribution in [0, 0.1) is 30.6 Å². The molecule has 76 valence electrons. The Bertz CT molecular complexity index is 445. The number of nitrogens with one attached hydrogen (secondary N) is 1. The second-order valence-corrected chi connectivity index (χ2v) is 4.06. The zero-order valence-electron chi connectivity index (χ0n) is 9.26. The van der Waals surface area contributed by atoms with Crippen LogP contribution in [0.2, 0.25) is 0 Å². The highest BCUT2D eigenvalue weighted by Crippen LogP contribution is 2.20. The van der Waals surface area contributed by atoms with Crippen LogP contribution in [0.3, 0.4) is 0 Å². The summed E-state index contributed by atoms with van der Waals surface area (Å²) in [5, 5.41) is 12.1. The zero-order chi connectivity index (χ0) is 11.5. The summed E-state index contributed by atoms with van der Waals surface area (Å²) in [7, 11) is 0. The van der Waals surface area contributed by atoms with Crippen LogP contribution >= 0.6 is 0 Å². The predicted molar refractivity (Wildman–Crippen MR) is 62.4 cm³/mol. The minimum Gasteiger partial charge on any atom is -0.368 e. The van der Waals surface area contributed by atoms with Crippen LogP contribution in [0.4, 0.5) is 5.69 Å². The number of benzene rings is 1. The Morgan fingerprint density at radius 2 is 2.07 bits per heavy atom. The van der Waals surface area contributed by atoms with Crippen LogP contribution in [-0.4, -0.2) is 5.54 Å². The molecule has 1 aromatic carbocycles. The van der Waals surface area contributed by atoms with E-state index < -0.39 is 5.54 Å². The second-order valence-electron chi connectivity index (χ2n) is 4.06. The summed E-state index contributed by atoms with van der Waals surface area (Å²) in [5.74, 6) is 2.64. The maximum Gasteiger partial charge on any atom is 0.101 e. The monoisotopic (exact) mass is 198 g/mol. The van der Waals surface area contributed by atoms with Crippen molar-refractivity contribution in [3.63, 3.8) is 0 Å². The lowest BCUT2D eigenvalue weighted by Crippen LogP contribution is -2.28. The number of anilines is 1. The number of terminal acetylenes is 1. The van der Waals surface area contributed by atoms with Crippen molar-refractivity contribution in [2.45, 2.75) is 26.3 Å². The van der Waals surface area contributed by atoms with Gasteiger partial charge < -0.3 is 5.32 Å². The molecule has 0 atom stereocenters. The molecule has 1 rings (SSSR count). The molecule has 2 heteroatoms. The molecule has 0 unspecified atom stereocenters. The van der Waals surface area contributed by atoms with E-state index in [1.54, 1.807) is 6.07 Å². The van der Waals surface area contributed by atoms with Crippen LogP contribution < -0.4 is 5.32 Å². The molecule has 0 spiro atoms. The minimum absolute atomic E-state index is 0.445. The first-order chi connectivity index (χ1) is 6.98. The van der Waals surface area contributed by atoms with Crippen LogP contribution in [0.15, 0.2) is 18.2 Å². The Balaban J connectivity index is 3.10. The molecule has 0 saturated heterocycles. The summed E-state index contributed by atoms with van der Waals surface area (Å²) in [6, 6.07) is 7.77. The number of aryl methyl sites for hydroxylation is 1. The van der Waals surface area contributed by atoms with E-state index in [0.717, 1.165) is 11.3 Å². The Labute approximate surface area is 90.9 Å². The quantitative estimate of drug-likeness (QED) is 0.741. The van der Waals surface area contributed by atoms with Crippen molar-refractivity contribution < 1.29 is 0 Å². The molecule has 2 nitrogen and oxygen atoms in total. The molecule has 0 aliphatic carbocycles. The molecule has 0 aliphatic rings. The first kappa shape index (κ1) is 11.1. The average Bonchev–Trinajstić information content (AvgIpc) is 2.18. The van der Waals surface area contributed by atoms with Crippen LogP contribution in [0.5, 0.6) is 0 Å². The van der Waals surface area contributed by atoms with Gasteiger partial charge in [0.15, 0.2) is 0 Å². The molecule has 1 N–H and O–H groups in total. The number of hydrogen-bond donors (Lipinski definition) is 1. The zero-order valence-corrected chi connectivity index (χ0v) is 9.26. The highest BCUT2D eigenvalue weighted by molar-refractivity contribution is 5.60. The van der Waals surface area contributed by atoms with E-state index in [4.69, 9.17) is 11.7 Å². The van der Waals surface area contributed by atoms with Gasteiger partial charge in [-0.1, -0.05) is 12.0 Å². The third-order valence-electron chi connectivity index (χ3n) is 2.10. The first-order valence-corrected chi connectivity index (χ1v) is 4.75. The normalized spacial score (nSPS) is 10.2. The summed E-state index contributed by atoms with van der Waals surface area (Å²) < 4.78 is 0. The number of rotatable bonds is 2. The Morgan fingerprint density at radius 3 is 2.60 bits per heavy atom. The Kier molecular flexibility index (Phi) is 3.02. The molecule has 0 bridgehead atoms. The topological polar surface area (TPSA) is 35.8 Å². The van der Waals surface area contributed by atoms with Gasteiger partial charge in [-0.3, -0.25) is 0 Å². The van der Waals surface area contributed by atoms with Crippen molar-refractivity contribution in [1.82, 2.24) is 0 Å². The molecule has 0 amide bonds. The summed E-state index contributed by atoms with van der Waals surface area (Å²) in [4.78, 5) is 0. The largest absolute Gasteiger partial charge is 0.368 e. The number of hydrogen-bond acceptors (Lipinski definition) is 2. The molecule has 0 saturated carbocycles. The van der Waals surface area contributed by atoms with Gasteiger partial charge in [0, 0.05) is 0 Å². The fraction of sp³-hybridized carbons (Fsp3) is 0.308. The minimum atomic E-state index is -0.445. The Morgan fingerprint density at radius 1 is 1.40 bits per heavy atom. The van der Waals surface area contributed by atoms with E-state index in [0.29, 0.717) is 5.56 Å². The fourth-order valence-electron chi connectivity index (χ4n) is 1.23. The predicted octanol–water partition coefficient (Wildman–Crippen LogP) is 2.69. The van der Waals surface area contributed by atoms with Crippen molar-refractivity contribution in [1.29, 1.82) is 5.26 Å². The summed E-state index contributed by atoms with van der Waals surface area (Å²) >= 11 is 0. The second kappa shape index (κ2) is 4.07. The summed E-state index contributed by atoms with van der Waals surface area (Å²) in [6.07, 6.45) is 5.39. The molecule has 0 heterocycles. The van der Waals surface area contributed by atoms with E-state index in [2.05, 4.69) is 17.3 Å². The van der Waals surface area contributed by atoms with Crippen molar-refractivity contribution in [2.75, 3.05) is 5.32 Å². The van der Waals surface area contributed by atoms with Gasteiger partial charge in [-0.25, -0.2) is 0 Å². The van der Waals surface area contributed by atoms with Gasteiger partial charge in [0.05, 0.1) is 16.8 Å². The number of nitrogens with zero attached hydrogens (tertiary/aromatic N) is 1. The Hall–Kier alpha value is -1.93. The van der Waals surface area contributed by atoms with Gasteiger partial charge in [-0.05, 0) is 38.5 Å². The molecule has 15 heavy (non-hydrogen) atoms. The van der Waals surface area contributed by atoms with Crippen molar-refractivity contribution >= 4 is 5.69 Å². The molecule has 0 aromatic heterocycles. The first-order valence-electron chi connectivity index (χ1n) is 4.75. The van der Waals surface area contributed by atoms with Gasteiger partial charge in [0.1, 0.15) is 6.07 Å². The third kappa shape index (κ3) is 2.76. The molecular formula is C13H14N2. The fourth-order valence-corrected chi connectivity index (χ4v) is 1.23. The van der Waals surface area contributed by atoms with Crippen LogP contribution in [0.1, 0.15) is 25.0 Å². The van der Waals surface area contributed by atoms with Crippen molar-refractivity contribution in [3.05, 3.63) is 29.3 Å². The van der Waals surface area contributed by atoms with E-state index in [-0.39, 0.29) is 0 Å². The molecule has 0 fully saturated rings. The average molecular weight is 198 g/mol. The van der Waals surface area contributed by atoms with E-state index >= 15 is 0 Å². The molecule has 0 radical (unpaired) electrons. The van der Waals surface area contributed by atoms with E-state index in [9.17, 15) is 0 Å². The lowest BCUT2D eigenvalue weighted by molar-refractivity contribution is 0.741. The van der Waals surface area contributed by atoms with E-state index in [1.165, 1.54) is 0 Å². The molecule has 0 aliphatic heterocycles. The van der Waals surface area contributed by atoms with Gasteiger partial charge in [0.2, 0.25) is 0 Å². The van der Waals surface area contributed by atoms with E-state index in [1.807, 2.05) is 32.9 Å². The molecule has 1 aromatic rings. The smallest absolute Gasteiger partial charge is 0.101 e. The summed E-state index contributed by atoms with van der Waals surface area (Å²) in [5.41, 5.74) is 2.06.